The smallest absolute Gasteiger partial charge is 0.412 e. The summed E-state index contributed by atoms with van der Waals surface area (Å²) in [6.45, 7) is 1.93. The van der Waals surface area contributed by atoms with Crippen LogP contribution in [0.4, 0.5) is 0 Å². The SMILES string of the molecule is C[Si]O[Si]O[Si]O[Si]O[Si]. The minimum Gasteiger partial charge on any atom is -0.435 e. The van der Waals surface area contributed by atoms with Crippen LogP contribution in [0.5, 0.6) is 0 Å². The molecule has 0 amide bonds. The van der Waals surface area contributed by atoms with E-state index in [1.165, 1.54) is 0 Å². The Morgan fingerprint density at radius 1 is 1.00 bits per heavy atom. The molecule has 0 bridgehead atoms. The fraction of sp³-hybridized carbons (Fsp3) is 1.00. The van der Waals surface area contributed by atoms with Crippen molar-refractivity contribution >= 4 is 50.3 Å². The van der Waals surface area contributed by atoms with E-state index < -0.39 is 0 Å². The molecule has 0 unspecified atom stereocenters. The van der Waals surface area contributed by atoms with Crippen LogP contribution in [0.3, 0.4) is 0 Å². The molecule has 0 heterocycles. The minimum absolute atomic E-state index is 0.00309. The van der Waals surface area contributed by atoms with Crippen molar-refractivity contribution in [3.8, 4) is 0 Å². The Balaban J connectivity index is 2.65. The monoisotopic (exact) mass is 219 g/mol. The predicted octanol–water partition coefficient (Wildman–Crippen LogP) is -1.59. The van der Waals surface area contributed by atoms with E-state index in [4.69, 9.17) is 12.3 Å². The lowest BCUT2D eigenvalue weighted by atomic mass is 11.9. The minimum atomic E-state index is -0.0211. The van der Waals surface area contributed by atoms with Gasteiger partial charge >= 0.3 is 30.0 Å². The van der Waals surface area contributed by atoms with Crippen molar-refractivity contribution in [2.75, 3.05) is 0 Å². The molecular weight excluding hydrogens is 216 g/mol. The van der Waals surface area contributed by atoms with E-state index >= 15 is 0 Å². The molecule has 9 heteroatoms. The van der Waals surface area contributed by atoms with Crippen molar-refractivity contribution in [1.29, 1.82) is 0 Å². The molecule has 0 N–H and O–H groups in total. The molecule has 0 saturated heterocycles. The maximum Gasteiger partial charge on any atom is 0.412 e. The van der Waals surface area contributed by atoms with Gasteiger partial charge in [-0.1, -0.05) is 0 Å². The number of hydrogen-bond donors (Lipinski definition) is 0. The zero-order valence-corrected chi connectivity index (χ0v) is 10.1. The average molecular weight is 219 g/mol. The third kappa shape index (κ3) is 8.92. The fourth-order valence-corrected chi connectivity index (χ4v) is 2.37. The van der Waals surface area contributed by atoms with Crippen LogP contribution in [0.15, 0.2) is 0 Å². The predicted molar refractivity (Wildman–Crippen MR) is 39.0 cm³/mol. The summed E-state index contributed by atoms with van der Waals surface area (Å²) in [4.78, 5) is 0. The summed E-state index contributed by atoms with van der Waals surface area (Å²) in [7, 11) is 3.30. The largest absolute Gasteiger partial charge is 0.435 e. The van der Waals surface area contributed by atoms with E-state index in [-0.39, 0.29) is 30.0 Å². The van der Waals surface area contributed by atoms with Gasteiger partial charge in [0.05, 0.1) is 0 Å². The van der Waals surface area contributed by atoms with E-state index in [0.29, 0.717) is 9.76 Å². The van der Waals surface area contributed by atoms with Crippen LogP contribution in [0.2, 0.25) is 6.55 Å². The molecule has 11 radical (unpaired) electrons. The van der Waals surface area contributed by atoms with Gasteiger partial charge in [-0.05, 0) is 6.55 Å². The summed E-state index contributed by atoms with van der Waals surface area (Å²) in [6, 6.07) is 0. The number of rotatable bonds is 7. The molecule has 4 nitrogen and oxygen atoms in total. The molecule has 0 saturated carbocycles. The van der Waals surface area contributed by atoms with Gasteiger partial charge in [-0.2, -0.15) is 0 Å². The third-order valence-electron chi connectivity index (χ3n) is 0.352. The number of hydrogen-bond acceptors (Lipinski definition) is 4. The Hall–Kier alpha value is 0.924. The van der Waals surface area contributed by atoms with E-state index in [1.54, 1.807) is 0 Å². The lowest BCUT2D eigenvalue weighted by Gasteiger charge is -1.97. The summed E-state index contributed by atoms with van der Waals surface area (Å²) < 4.78 is 19.1. The van der Waals surface area contributed by atoms with Gasteiger partial charge in [0.2, 0.25) is 20.2 Å². The summed E-state index contributed by atoms with van der Waals surface area (Å²) in [5, 5.41) is 0. The molecule has 0 aliphatic rings. The molecule has 0 fully saturated rings. The zero-order valence-electron chi connectivity index (χ0n) is 5.13. The van der Waals surface area contributed by atoms with Gasteiger partial charge in [-0.25, -0.2) is 0 Å². The van der Waals surface area contributed by atoms with E-state index in [1.807, 2.05) is 6.55 Å². The van der Waals surface area contributed by atoms with Crippen LogP contribution < -0.4 is 0 Å². The first-order chi connectivity index (χ1) is 4.91. The lowest BCUT2D eigenvalue weighted by Crippen LogP contribution is -2.15. The Morgan fingerprint density at radius 2 is 1.60 bits per heavy atom. The van der Waals surface area contributed by atoms with E-state index in [9.17, 15) is 0 Å². The van der Waals surface area contributed by atoms with Crippen molar-refractivity contribution in [1.82, 2.24) is 0 Å². The standard InChI is InChI=1S/CH3O4Si5/c1-7-3-9-5-10-4-8-2-6/h1H3. The van der Waals surface area contributed by atoms with Gasteiger partial charge in [0.25, 0.3) is 0 Å². The second kappa shape index (κ2) is 9.92. The van der Waals surface area contributed by atoms with Crippen LogP contribution in [0, 0.1) is 0 Å². The second-order valence-corrected chi connectivity index (χ2v) is 5.04. The molecular formula is CH3O4Si5. The molecule has 0 rings (SSSR count). The highest BCUT2D eigenvalue weighted by Crippen LogP contribution is 1.71. The van der Waals surface area contributed by atoms with Gasteiger partial charge in [0.15, 0.2) is 0 Å². The highest BCUT2D eigenvalue weighted by molar-refractivity contribution is 6.46. The molecule has 0 aliphatic carbocycles. The Labute approximate surface area is 73.6 Å². The van der Waals surface area contributed by atoms with Gasteiger partial charge in [-0.15, -0.1) is 0 Å². The van der Waals surface area contributed by atoms with Crippen LogP contribution in [-0.4, -0.2) is 50.3 Å². The maximum absolute atomic E-state index is 4.92. The van der Waals surface area contributed by atoms with E-state index in [2.05, 4.69) is 14.6 Å². The fourth-order valence-electron chi connectivity index (χ4n) is 0.138. The van der Waals surface area contributed by atoms with Gasteiger partial charge in [0.1, 0.15) is 0 Å². The molecule has 0 aromatic rings. The topological polar surface area (TPSA) is 36.9 Å². The van der Waals surface area contributed by atoms with E-state index in [0.717, 1.165) is 0 Å². The molecule has 0 spiro atoms. The Bertz CT molecular complexity index is 53.6. The lowest BCUT2D eigenvalue weighted by molar-refractivity contribution is 0.408. The van der Waals surface area contributed by atoms with Crippen molar-refractivity contribution in [2.45, 2.75) is 6.55 Å². The molecule has 0 aliphatic heterocycles. The summed E-state index contributed by atoms with van der Waals surface area (Å²) >= 11 is 0. The van der Waals surface area contributed by atoms with Crippen molar-refractivity contribution in [3.05, 3.63) is 0 Å². The molecule has 10 heavy (non-hydrogen) atoms. The Morgan fingerprint density at radius 3 is 2.20 bits per heavy atom. The first-order valence-electron chi connectivity index (χ1n) is 2.13. The summed E-state index contributed by atoms with van der Waals surface area (Å²) in [5.41, 5.74) is 0. The molecule has 0 atom stereocenters. The van der Waals surface area contributed by atoms with Gasteiger partial charge < -0.3 is 16.5 Å². The highest BCUT2D eigenvalue weighted by Gasteiger charge is 1.96. The highest BCUT2D eigenvalue weighted by atomic mass is 28.4. The van der Waals surface area contributed by atoms with Crippen LogP contribution >= 0.6 is 0 Å². The molecule has 0 aromatic carbocycles. The molecule has 0 aromatic heterocycles. The van der Waals surface area contributed by atoms with Crippen molar-refractivity contribution in [3.63, 3.8) is 0 Å². The van der Waals surface area contributed by atoms with Gasteiger partial charge in [0, 0.05) is 0 Å². The Kier molecular flexibility index (Phi) is 10.8. The van der Waals surface area contributed by atoms with Crippen molar-refractivity contribution in [2.24, 2.45) is 0 Å². The first-order valence-corrected chi connectivity index (χ1v) is 6.40. The quantitative estimate of drug-likeness (QED) is 0.382. The van der Waals surface area contributed by atoms with Crippen molar-refractivity contribution < 1.29 is 16.5 Å². The second-order valence-electron chi connectivity index (χ2n) is 0.862. The van der Waals surface area contributed by atoms with Crippen LogP contribution in [0.25, 0.3) is 0 Å². The summed E-state index contributed by atoms with van der Waals surface area (Å²) in [5.74, 6) is 0. The van der Waals surface area contributed by atoms with Crippen LogP contribution in [-0.2, 0) is 16.5 Å². The summed E-state index contributed by atoms with van der Waals surface area (Å²) in [6.07, 6.45) is 0. The third-order valence-corrected chi connectivity index (χ3v) is 3.17. The average Bonchev–Trinajstić information content (AvgIpc) is 1.97. The first kappa shape index (κ1) is 10.9. The molecule has 51 valence electrons. The normalized spacial score (nSPS) is 10.2. The van der Waals surface area contributed by atoms with Crippen LogP contribution in [0.1, 0.15) is 0 Å². The zero-order chi connectivity index (χ0) is 7.66. The van der Waals surface area contributed by atoms with Gasteiger partial charge in [-0.3, -0.25) is 0 Å². The maximum atomic E-state index is 4.92.